The number of nitrogens with one attached hydrogen (secondary N) is 1. The Labute approximate surface area is 103 Å². The molecule has 2 N–H and O–H groups in total. The molecule has 92 valence electrons. The Morgan fingerprint density at radius 1 is 1.12 bits per heavy atom. The van der Waals surface area contributed by atoms with E-state index >= 15 is 0 Å². The SMILES string of the molecule is O[C@@]1(c2ccccc2)CCNC2CCCC[C@H]21. The minimum Gasteiger partial charge on any atom is -0.385 e. The molecule has 1 heterocycles. The molecule has 2 fully saturated rings. The molecule has 1 saturated carbocycles. The van der Waals surface area contributed by atoms with E-state index < -0.39 is 5.60 Å². The van der Waals surface area contributed by atoms with Crippen LogP contribution in [0.3, 0.4) is 0 Å². The zero-order valence-electron chi connectivity index (χ0n) is 10.2. The minimum absolute atomic E-state index is 0.396. The molecule has 3 rings (SSSR count). The molecular weight excluding hydrogens is 210 g/mol. The number of aliphatic hydroxyl groups is 1. The number of hydrogen-bond donors (Lipinski definition) is 2. The van der Waals surface area contributed by atoms with Crippen molar-refractivity contribution < 1.29 is 5.11 Å². The van der Waals surface area contributed by atoms with Gasteiger partial charge in [-0.25, -0.2) is 0 Å². The van der Waals surface area contributed by atoms with Crippen molar-refractivity contribution in [3.8, 4) is 0 Å². The van der Waals surface area contributed by atoms with Crippen molar-refractivity contribution in [2.75, 3.05) is 6.54 Å². The molecule has 0 spiro atoms. The van der Waals surface area contributed by atoms with Gasteiger partial charge in [-0.1, -0.05) is 43.2 Å². The maximum atomic E-state index is 11.1. The second-order valence-corrected chi connectivity index (χ2v) is 5.49. The summed E-state index contributed by atoms with van der Waals surface area (Å²) in [6, 6.07) is 10.8. The lowest BCUT2D eigenvalue weighted by Gasteiger charge is -2.48. The smallest absolute Gasteiger partial charge is 0.0951 e. The summed E-state index contributed by atoms with van der Waals surface area (Å²) in [6.07, 6.45) is 5.79. The third-order valence-electron chi connectivity index (χ3n) is 4.57. The van der Waals surface area contributed by atoms with E-state index in [9.17, 15) is 5.11 Å². The number of fused-ring (bicyclic) bond motifs is 1. The second kappa shape index (κ2) is 4.43. The average Bonchev–Trinajstić information content (AvgIpc) is 2.40. The van der Waals surface area contributed by atoms with Crippen LogP contribution in [-0.2, 0) is 5.60 Å². The first-order valence-electron chi connectivity index (χ1n) is 6.82. The van der Waals surface area contributed by atoms with Crippen molar-refractivity contribution in [1.29, 1.82) is 0 Å². The molecule has 1 saturated heterocycles. The van der Waals surface area contributed by atoms with E-state index in [0.29, 0.717) is 12.0 Å². The molecule has 1 aliphatic carbocycles. The topological polar surface area (TPSA) is 32.3 Å². The first kappa shape index (κ1) is 11.2. The zero-order valence-corrected chi connectivity index (χ0v) is 10.2. The summed E-state index contributed by atoms with van der Waals surface area (Å²) in [5, 5.41) is 14.7. The number of piperidine rings is 1. The standard InChI is InChI=1S/C15H21NO/c17-15(12-6-2-1-3-7-12)10-11-16-14-9-5-4-8-13(14)15/h1-3,6-7,13-14,16-17H,4-5,8-11H2/t13-,14?,15-/m1/s1. The van der Waals surface area contributed by atoms with E-state index in [0.717, 1.165) is 24.9 Å². The largest absolute Gasteiger partial charge is 0.385 e. The fourth-order valence-electron chi connectivity index (χ4n) is 3.67. The Kier molecular flexibility index (Phi) is 2.93. The van der Waals surface area contributed by atoms with Gasteiger partial charge in [-0.05, 0) is 31.4 Å². The normalized spacial score (nSPS) is 37.5. The van der Waals surface area contributed by atoms with Gasteiger partial charge in [0.15, 0.2) is 0 Å². The van der Waals surface area contributed by atoms with Crippen LogP contribution in [0, 0.1) is 5.92 Å². The van der Waals surface area contributed by atoms with Gasteiger partial charge in [-0.3, -0.25) is 0 Å². The van der Waals surface area contributed by atoms with Crippen molar-refractivity contribution in [1.82, 2.24) is 5.32 Å². The van der Waals surface area contributed by atoms with Crippen LogP contribution in [-0.4, -0.2) is 17.7 Å². The molecule has 1 aromatic carbocycles. The fourth-order valence-corrected chi connectivity index (χ4v) is 3.67. The highest BCUT2D eigenvalue weighted by molar-refractivity contribution is 5.25. The quantitative estimate of drug-likeness (QED) is 0.778. The summed E-state index contributed by atoms with van der Waals surface area (Å²) in [7, 11) is 0. The van der Waals surface area contributed by atoms with Crippen LogP contribution in [0.2, 0.25) is 0 Å². The van der Waals surface area contributed by atoms with Gasteiger partial charge in [0.1, 0.15) is 0 Å². The van der Waals surface area contributed by atoms with Crippen LogP contribution in [0.1, 0.15) is 37.7 Å². The first-order chi connectivity index (χ1) is 8.31. The summed E-state index contributed by atoms with van der Waals surface area (Å²) in [6.45, 7) is 0.937. The minimum atomic E-state index is -0.600. The molecule has 1 aliphatic heterocycles. The molecule has 2 aliphatic rings. The van der Waals surface area contributed by atoms with Crippen molar-refractivity contribution in [2.45, 2.75) is 43.7 Å². The number of hydrogen-bond acceptors (Lipinski definition) is 2. The molecule has 1 aromatic rings. The van der Waals surface area contributed by atoms with E-state index in [1.165, 1.54) is 19.3 Å². The lowest BCUT2D eigenvalue weighted by atomic mass is 9.67. The Hall–Kier alpha value is -0.860. The molecule has 0 aromatic heterocycles. The van der Waals surface area contributed by atoms with Gasteiger partial charge in [0.25, 0.3) is 0 Å². The van der Waals surface area contributed by atoms with Crippen molar-refractivity contribution in [2.24, 2.45) is 5.92 Å². The lowest BCUT2D eigenvalue weighted by Crippen LogP contribution is -2.55. The van der Waals surface area contributed by atoms with E-state index in [4.69, 9.17) is 0 Å². The summed E-state index contributed by atoms with van der Waals surface area (Å²) in [5.41, 5.74) is 0.510. The molecule has 3 atom stereocenters. The van der Waals surface area contributed by atoms with Gasteiger partial charge >= 0.3 is 0 Å². The van der Waals surface area contributed by atoms with E-state index in [2.05, 4.69) is 17.4 Å². The Morgan fingerprint density at radius 2 is 1.88 bits per heavy atom. The third kappa shape index (κ3) is 1.90. The van der Waals surface area contributed by atoms with E-state index in [1.807, 2.05) is 18.2 Å². The highest BCUT2D eigenvalue weighted by Gasteiger charge is 2.45. The summed E-state index contributed by atoms with van der Waals surface area (Å²) < 4.78 is 0. The van der Waals surface area contributed by atoms with E-state index in [1.54, 1.807) is 0 Å². The van der Waals surface area contributed by atoms with Crippen LogP contribution in [0.15, 0.2) is 30.3 Å². The zero-order chi connectivity index (χ0) is 11.7. The van der Waals surface area contributed by atoms with Gasteiger partial charge in [-0.2, -0.15) is 0 Å². The van der Waals surface area contributed by atoms with Crippen LogP contribution >= 0.6 is 0 Å². The Balaban J connectivity index is 1.94. The predicted molar refractivity (Wildman–Crippen MR) is 68.7 cm³/mol. The second-order valence-electron chi connectivity index (χ2n) is 5.49. The fraction of sp³-hybridized carbons (Fsp3) is 0.600. The van der Waals surface area contributed by atoms with Gasteiger partial charge in [0, 0.05) is 12.0 Å². The molecule has 0 radical (unpaired) electrons. The van der Waals surface area contributed by atoms with Crippen molar-refractivity contribution in [3.63, 3.8) is 0 Å². The molecule has 0 amide bonds. The molecule has 0 bridgehead atoms. The molecule has 2 nitrogen and oxygen atoms in total. The van der Waals surface area contributed by atoms with Gasteiger partial charge in [0.05, 0.1) is 5.60 Å². The summed E-state index contributed by atoms with van der Waals surface area (Å²) in [4.78, 5) is 0. The lowest BCUT2D eigenvalue weighted by molar-refractivity contribution is -0.0780. The Bertz CT molecular complexity index is 376. The Morgan fingerprint density at radius 3 is 2.71 bits per heavy atom. The molecule has 2 heteroatoms. The summed E-state index contributed by atoms with van der Waals surface area (Å²) in [5.74, 6) is 0.396. The molecular formula is C15H21NO. The van der Waals surface area contributed by atoms with E-state index in [-0.39, 0.29) is 0 Å². The highest BCUT2D eigenvalue weighted by atomic mass is 16.3. The predicted octanol–water partition coefficient (Wildman–Crippen LogP) is 2.43. The van der Waals surface area contributed by atoms with Crippen LogP contribution in [0.25, 0.3) is 0 Å². The van der Waals surface area contributed by atoms with Crippen LogP contribution in [0.4, 0.5) is 0 Å². The first-order valence-corrected chi connectivity index (χ1v) is 6.82. The monoisotopic (exact) mass is 231 g/mol. The maximum Gasteiger partial charge on any atom is 0.0951 e. The maximum absolute atomic E-state index is 11.1. The molecule has 17 heavy (non-hydrogen) atoms. The van der Waals surface area contributed by atoms with Gasteiger partial charge < -0.3 is 10.4 Å². The van der Waals surface area contributed by atoms with Crippen molar-refractivity contribution >= 4 is 0 Å². The van der Waals surface area contributed by atoms with Gasteiger partial charge in [0.2, 0.25) is 0 Å². The summed E-state index contributed by atoms with van der Waals surface area (Å²) >= 11 is 0. The highest BCUT2D eigenvalue weighted by Crippen LogP contribution is 2.43. The number of rotatable bonds is 1. The average molecular weight is 231 g/mol. The molecule has 1 unspecified atom stereocenters. The van der Waals surface area contributed by atoms with Gasteiger partial charge in [-0.15, -0.1) is 0 Å². The van der Waals surface area contributed by atoms with Crippen molar-refractivity contribution in [3.05, 3.63) is 35.9 Å². The third-order valence-corrected chi connectivity index (χ3v) is 4.57. The van der Waals surface area contributed by atoms with Crippen LogP contribution < -0.4 is 5.32 Å². The van der Waals surface area contributed by atoms with Crippen LogP contribution in [0.5, 0.6) is 0 Å². The number of benzene rings is 1.